The zero-order valence-electron chi connectivity index (χ0n) is 13.3. The second-order valence-corrected chi connectivity index (χ2v) is 5.73. The number of halogens is 2. The van der Waals surface area contributed by atoms with E-state index in [4.69, 9.17) is 0 Å². The molecule has 1 unspecified atom stereocenters. The van der Waals surface area contributed by atoms with Gasteiger partial charge in [0.1, 0.15) is 11.6 Å². The second-order valence-electron chi connectivity index (χ2n) is 5.73. The van der Waals surface area contributed by atoms with Gasteiger partial charge in [-0.2, -0.15) is 0 Å². The van der Waals surface area contributed by atoms with Crippen molar-refractivity contribution >= 4 is 11.6 Å². The molecule has 0 spiro atoms. The standard InChI is InChI=1S/C16H23F2N3O2/c1-2-13(11-22)21-7-5-20(6-8-21)10-16(23)19-15-4-3-12(17)9-14(15)18/h3-4,9,13,22H,2,5-8,10-11H2,1H3,(H,19,23). The lowest BCUT2D eigenvalue weighted by Gasteiger charge is -2.38. The minimum Gasteiger partial charge on any atom is -0.395 e. The normalized spacial score (nSPS) is 17.9. The molecule has 1 aromatic carbocycles. The van der Waals surface area contributed by atoms with Crippen molar-refractivity contribution in [3.63, 3.8) is 0 Å². The van der Waals surface area contributed by atoms with Crippen LogP contribution in [-0.4, -0.2) is 66.2 Å². The van der Waals surface area contributed by atoms with Gasteiger partial charge in [-0.1, -0.05) is 6.92 Å². The number of carbonyl (C=O) groups excluding carboxylic acids is 1. The molecule has 1 heterocycles. The van der Waals surface area contributed by atoms with E-state index >= 15 is 0 Å². The summed E-state index contributed by atoms with van der Waals surface area (Å²) in [5.41, 5.74) is -0.0126. The zero-order valence-corrected chi connectivity index (χ0v) is 13.3. The molecular formula is C16H23F2N3O2. The van der Waals surface area contributed by atoms with Crippen molar-refractivity contribution in [1.29, 1.82) is 0 Å². The molecule has 1 aliphatic heterocycles. The van der Waals surface area contributed by atoms with Crippen LogP contribution in [0.3, 0.4) is 0 Å². The van der Waals surface area contributed by atoms with E-state index in [1.807, 2.05) is 11.8 Å². The summed E-state index contributed by atoms with van der Waals surface area (Å²) in [7, 11) is 0. The minimum atomic E-state index is -0.781. The highest BCUT2D eigenvalue weighted by atomic mass is 19.1. The third kappa shape index (κ3) is 4.95. The maximum atomic E-state index is 13.5. The van der Waals surface area contributed by atoms with Gasteiger partial charge >= 0.3 is 0 Å². The lowest BCUT2D eigenvalue weighted by Crippen LogP contribution is -2.52. The van der Waals surface area contributed by atoms with Crippen molar-refractivity contribution in [2.45, 2.75) is 19.4 Å². The monoisotopic (exact) mass is 327 g/mol. The maximum absolute atomic E-state index is 13.5. The largest absolute Gasteiger partial charge is 0.395 e. The van der Waals surface area contributed by atoms with Crippen molar-refractivity contribution in [3.05, 3.63) is 29.8 Å². The molecule has 2 N–H and O–H groups in total. The molecule has 0 aromatic heterocycles. The van der Waals surface area contributed by atoms with Gasteiger partial charge in [0.25, 0.3) is 0 Å². The van der Waals surface area contributed by atoms with E-state index in [1.54, 1.807) is 0 Å². The molecule has 1 aromatic rings. The molecule has 0 bridgehead atoms. The maximum Gasteiger partial charge on any atom is 0.238 e. The highest BCUT2D eigenvalue weighted by molar-refractivity contribution is 5.92. The Bertz CT molecular complexity index is 530. The summed E-state index contributed by atoms with van der Waals surface area (Å²) in [4.78, 5) is 16.2. The first kappa shape index (κ1) is 17.8. The molecule has 5 nitrogen and oxygen atoms in total. The highest BCUT2D eigenvalue weighted by Gasteiger charge is 2.23. The van der Waals surface area contributed by atoms with E-state index in [-0.39, 0.29) is 30.8 Å². The number of rotatable bonds is 6. The number of piperazine rings is 1. The Balaban J connectivity index is 1.81. The minimum absolute atomic E-state index is 0.0126. The summed E-state index contributed by atoms with van der Waals surface area (Å²) in [6.07, 6.45) is 0.890. The average Bonchev–Trinajstić information content (AvgIpc) is 2.53. The molecule has 0 aliphatic carbocycles. The Morgan fingerprint density at radius 2 is 2.00 bits per heavy atom. The molecule has 23 heavy (non-hydrogen) atoms. The summed E-state index contributed by atoms with van der Waals surface area (Å²) in [5, 5.41) is 11.8. The smallest absolute Gasteiger partial charge is 0.238 e. The lowest BCUT2D eigenvalue weighted by molar-refractivity contribution is -0.117. The molecule has 1 saturated heterocycles. The van der Waals surface area contributed by atoms with Crippen molar-refractivity contribution < 1.29 is 18.7 Å². The van der Waals surface area contributed by atoms with Gasteiger partial charge in [0, 0.05) is 38.3 Å². The van der Waals surface area contributed by atoms with Crippen LogP contribution in [0.2, 0.25) is 0 Å². The van der Waals surface area contributed by atoms with Gasteiger partial charge in [-0.25, -0.2) is 8.78 Å². The van der Waals surface area contributed by atoms with E-state index in [2.05, 4.69) is 10.2 Å². The Labute approximate surface area is 134 Å². The Morgan fingerprint density at radius 3 is 2.57 bits per heavy atom. The molecule has 1 amide bonds. The number of aliphatic hydroxyl groups excluding tert-OH is 1. The number of anilines is 1. The van der Waals surface area contributed by atoms with Crippen molar-refractivity contribution in [2.24, 2.45) is 0 Å². The molecule has 128 valence electrons. The molecule has 1 aliphatic rings. The summed E-state index contributed by atoms with van der Waals surface area (Å²) >= 11 is 0. The average molecular weight is 327 g/mol. The second kappa shape index (κ2) is 8.33. The van der Waals surface area contributed by atoms with E-state index in [9.17, 15) is 18.7 Å². The van der Waals surface area contributed by atoms with E-state index in [0.717, 1.165) is 44.7 Å². The van der Waals surface area contributed by atoms with Crippen LogP contribution in [0.1, 0.15) is 13.3 Å². The van der Waals surface area contributed by atoms with Crippen LogP contribution in [0.5, 0.6) is 0 Å². The van der Waals surface area contributed by atoms with Gasteiger partial charge in [-0.15, -0.1) is 0 Å². The summed E-state index contributed by atoms with van der Waals surface area (Å²) < 4.78 is 26.3. The molecule has 1 atom stereocenters. The van der Waals surface area contributed by atoms with Gasteiger partial charge in [0.15, 0.2) is 0 Å². The van der Waals surface area contributed by atoms with Gasteiger partial charge in [0.05, 0.1) is 18.8 Å². The van der Waals surface area contributed by atoms with Crippen LogP contribution in [-0.2, 0) is 4.79 Å². The van der Waals surface area contributed by atoms with Crippen molar-refractivity contribution in [3.8, 4) is 0 Å². The zero-order chi connectivity index (χ0) is 16.8. The molecule has 1 fully saturated rings. The van der Waals surface area contributed by atoms with Crippen LogP contribution in [0.15, 0.2) is 18.2 Å². The number of benzene rings is 1. The van der Waals surface area contributed by atoms with Crippen LogP contribution < -0.4 is 5.32 Å². The fourth-order valence-electron chi connectivity index (χ4n) is 2.77. The fraction of sp³-hybridized carbons (Fsp3) is 0.562. The number of carbonyl (C=O) groups is 1. The third-order valence-corrected chi connectivity index (χ3v) is 4.18. The highest BCUT2D eigenvalue weighted by Crippen LogP contribution is 2.15. The molecule has 7 heteroatoms. The Morgan fingerprint density at radius 1 is 1.30 bits per heavy atom. The fourth-order valence-corrected chi connectivity index (χ4v) is 2.77. The van der Waals surface area contributed by atoms with Gasteiger partial charge in [0.2, 0.25) is 5.91 Å². The number of hydrogen-bond donors (Lipinski definition) is 2. The van der Waals surface area contributed by atoms with E-state index < -0.39 is 11.6 Å². The van der Waals surface area contributed by atoms with Crippen LogP contribution in [0, 0.1) is 11.6 Å². The summed E-state index contributed by atoms with van der Waals surface area (Å²) in [6, 6.07) is 3.23. The van der Waals surface area contributed by atoms with E-state index in [0.29, 0.717) is 0 Å². The predicted molar refractivity (Wildman–Crippen MR) is 84.2 cm³/mol. The topological polar surface area (TPSA) is 55.8 Å². The summed E-state index contributed by atoms with van der Waals surface area (Å²) in [6.45, 7) is 5.36. The lowest BCUT2D eigenvalue weighted by atomic mass is 10.1. The molecular weight excluding hydrogens is 304 g/mol. The summed E-state index contributed by atoms with van der Waals surface area (Å²) in [5.74, 6) is -1.78. The first-order chi connectivity index (χ1) is 11.0. The SMILES string of the molecule is CCC(CO)N1CCN(CC(=O)Nc2ccc(F)cc2F)CC1. The van der Waals surface area contributed by atoms with Gasteiger partial charge < -0.3 is 10.4 Å². The van der Waals surface area contributed by atoms with Crippen LogP contribution in [0.25, 0.3) is 0 Å². The number of nitrogens with zero attached hydrogens (tertiary/aromatic N) is 2. The van der Waals surface area contributed by atoms with Crippen LogP contribution >= 0.6 is 0 Å². The number of hydrogen-bond acceptors (Lipinski definition) is 4. The van der Waals surface area contributed by atoms with Gasteiger partial charge in [-0.05, 0) is 18.6 Å². The quantitative estimate of drug-likeness (QED) is 0.827. The number of nitrogens with one attached hydrogen (secondary N) is 1. The van der Waals surface area contributed by atoms with Crippen molar-refractivity contribution in [2.75, 3.05) is 44.6 Å². The predicted octanol–water partition coefficient (Wildman–Crippen LogP) is 1.29. The van der Waals surface area contributed by atoms with Crippen molar-refractivity contribution in [1.82, 2.24) is 9.80 Å². The molecule has 0 saturated carbocycles. The Kier molecular flexibility index (Phi) is 6.44. The number of aliphatic hydroxyl groups is 1. The van der Waals surface area contributed by atoms with E-state index in [1.165, 1.54) is 6.07 Å². The van der Waals surface area contributed by atoms with Gasteiger partial charge in [-0.3, -0.25) is 14.6 Å². The third-order valence-electron chi connectivity index (χ3n) is 4.18. The van der Waals surface area contributed by atoms with Crippen LogP contribution in [0.4, 0.5) is 14.5 Å². The molecule has 0 radical (unpaired) electrons. The first-order valence-corrected chi connectivity index (χ1v) is 7.85. The Hall–Kier alpha value is -1.57. The first-order valence-electron chi connectivity index (χ1n) is 7.85. The molecule has 2 rings (SSSR count). The number of amides is 1.